The maximum Gasteiger partial charge on any atom is 0.304 e. The van der Waals surface area contributed by atoms with Crippen LogP contribution < -0.4 is 9.62 Å². The molecule has 0 saturated carbocycles. The fraction of sp³-hybridized carbons (Fsp3) is 0.562. The van der Waals surface area contributed by atoms with E-state index >= 15 is 0 Å². The molecular weight excluding hydrogens is 349 g/mol. The zero-order valence-electron chi connectivity index (χ0n) is 15.0. The summed E-state index contributed by atoms with van der Waals surface area (Å²) < 4.78 is 46.0. The van der Waals surface area contributed by atoms with Gasteiger partial charge in [-0.1, -0.05) is 12.1 Å². The second-order valence-corrected chi connectivity index (χ2v) is 7.94. The molecule has 1 rings (SSSR count). The minimum Gasteiger partial charge on any atom is -0.379 e. The number of ether oxygens (including phenoxy) is 1. The van der Waals surface area contributed by atoms with Crippen LogP contribution in [0.3, 0.4) is 0 Å². The Morgan fingerprint density at radius 2 is 1.92 bits per heavy atom. The fourth-order valence-corrected chi connectivity index (χ4v) is 3.02. The molecule has 0 atom stereocenters. The molecule has 0 aromatic heterocycles. The van der Waals surface area contributed by atoms with Crippen LogP contribution in [0.4, 0.5) is 10.1 Å². The van der Waals surface area contributed by atoms with E-state index in [1.807, 2.05) is 13.8 Å². The van der Waals surface area contributed by atoms with Gasteiger partial charge in [-0.3, -0.25) is 4.79 Å². The third kappa shape index (κ3) is 6.60. The van der Waals surface area contributed by atoms with E-state index in [-0.39, 0.29) is 11.8 Å². The molecule has 0 bridgehead atoms. The van der Waals surface area contributed by atoms with Crippen molar-refractivity contribution in [3.05, 3.63) is 30.1 Å². The van der Waals surface area contributed by atoms with Gasteiger partial charge in [0.25, 0.3) is 0 Å². The van der Waals surface area contributed by atoms with Crippen LogP contribution >= 0.6 is 0 Å². The second-order valence-electron chi connectivity index (χ2n) is 5.87. The molecule has 9 heteroatoms. The highest BCUT2D eigenvalue weighted by atomic mass is 32.2. The molecule has 0 radical (unpaired) electrons. The first-order valence-corrected chi connectivity index (χ1v) is 9.39. The fourth-order valence-electron chi connectivity index (χ4n) is 1.95. The maximum absolute atomic E-state index is 14.0. The van der Waals surface area contributed by atoms with E-state index in [4.69, 9.17) is 4.74 Å². The molecule has 0 saturated heterocycles. The van der Waals surface area contributed by atoms with Crippen LogP contribution in [0.5, 0.6) is 0 Å². The van der Waals surface area contributed by atoms with Gasteiger partial charge in [0.2, 0.25) is 5.91 Å². The van der Waals surface area contributed by atoms with Gasteiger partial charge in [-0.15, -0.1) is 0 Å². The smallest absolute Gasteiger partial charge is 0.304 e. The van der Waals surface area contributed by atoms with Gasteiger partial charge >= 0.3 is 10.2 Å². The lowest BCUT2D eigenvalue weighted by atomic mass is 10.3. The van der Waals surface area contributed by atoms with Crippen LogP contribution in [-0.4, -0.2) is 58.5 Å². The maximum atomic E-state index is 14.0. The summed E-state index contributed by atoms with van der Waals surface area (Å²) in [5, 5.41) is 2.62. The number of benzene rings is 1. The molecule has 1 aromatic carbocycles. The Hall–Kier alpha value is -1.71. The third-order valence-electron chi connectivity index (χ3n) is 3.24. The lowest BCUT2D eigenvalue weighted by molar-refractivity contribution is -0.119. The van der Waals surface area contributed by atoms with Gasteiger partial charge in [0.15, 0.2) is 0 Å². The van der Waals surface area contributed by atoms with Crippen molar-refractivity contribution in [1.82, 2.24) is 9.62 Å². The molecule has 0 aliphatic rings. The quantitative estimate of drug-likeness (QED) is 0.627. The molecule has 0 unspecified atom stereocenters. The van der Waals surface area contributed by atoms with Crippen LogP contribution in [0.1, 0.15) is 20.3 Å². The first kappa shape index (κ1) is 21.3. The van der Waals surface area contributed by atoms with E-state index in [9.17, 15) is 17.6 Å². The molecule has 1 amide bonds. The Labute approximate surface area is 148 Å². The van der Waals surface area contributed by atoms with Crippen molar-refractivity contribution in [2.75, 3.05) is 38.1 Å². The molecule has 0 spiro atoms. The van der Waals surface area contributed by atoms with Gasteiger partial charge in [-0.25, -0.2) is 8.70 Å². The van der Waals surface area contributed by atoms with E-state index in [1.165, 1.54) is 32.3 Å². The average molecular weight is 375 g/mol. The summed E-state index contributed by atoms with van der Waals surface area (Å²) in [5.41, 5.74) is -0.172. The molecule has 1 N–H and O–H groups in total. The summed E-state index contributed by atoms with van der Waals surface area (Å²) >= 11 is 0. The normalized spacial score (nSPS) is 11.8. The average Bonchev–Trinajstić information content (AvgIpc) is 2.52. The second kappa shape index (κ2) is 9.69. The molecule has 1 aromatic rings. The zero-order chi connectivity index (χ0) is 19.0. The van der Waals surface area contributed by atoms with Gasteiger partial charge in [0, 0.05) is 27.2 Å². The summed E-state index contributed by atoms with van der Waals surface area (Å²) in [6.45, 7) is 4.16. The van der Waals surface area contributed by atoms with Gasteiger partial charge in [0.05, 0.1) is 11.8 Å². The van der Waals surface area contributed by atoms with Crippen molar-refractivity contribution in [2.45, 2.75) is 26.4 Å². The number of halogens is 1. The summed E-state index contributed by atoms with van der Waals surface area (Å²) in [4.78, 5) is 12.1. The standard InChI is InChI=1S/C16H26FN3O4S/c1-13(2)24-11-7-10-18-16(21)12-20(25(22,23)19(3)4)15-9-6-5-8-14(15)17/h5-6,8-9,13H,7,10-12H2,1-4H3,(H,18,21). The van der Waals surface area contributed by atoms with Crippen LogP contribution in [0.2, 0.25) is 0 Å². The SMILES string of the molecule is CC(C)OCCCNC(=O)CN(c1ccccc1F)S(=O)(=O)N(C)C. The largest absolute Gasteiger partial charge is 0.379 e. The number of amides is 1. The molecule has 142 valence electrons. The Kier molecular flexibility index (Phi) is 8.27. The monoisotopic (exact) mass is 375 g/mol. The zero-order valence-corrected chi connectivity index (χ0v) is 15.8. The van der Waals surface area contributed by atoms with Crippen molar-refractivity contribution in [1.29, 1.82) is 0 Å². The highest BCUT2D eigenvalue weighted by Gasteiger charge is 2.29. The van der Waals surface area contributed by atoms with Crippen LogP contribution in [0.15, 0.2) is 24.3 Å². The Bertz CT molecular complexity index is 665. The molecular formula is C16H26FN3O4S. The van der Waals surface area contributed by atoms with Crippen LogP contribution in [0.25, 0.3) is 0 Å². The van der Waals surface area contributed by atoms with Crippen molar-refractivity contribution >= 4 is 21.8 Å². The molecule has 0 heterocycles. The highest BCUT2D eigenvalue weighted by molar-refractivity contribution is 7.90. The van der Waals surface area contributed by atoms with E-state index in [1.54, 1.807) is 0 Å². The van der Waals surface area contributed by atoms with Gasteiger partial charge in [0.1, 0.15) is 12.4 Å². The molecule has 0 aliphatic heterocycles. The van der Waals surface area contributed by atoms with Gasteiger partial charge in [-0.2, -0.15) is 12.7 Å². The van der Waals surface area contributed by atoms with E-state index in [0.717, 1.165) is 14.7 Å². The Morgan fingerprint density at radius 1 is 1.28 bits per heavy atom. The Balaban J connectivity index is 2.79. The predicted molar refractivity (Wildman–Crippen MR) is 95.1 cm³/mol. The van der Waals surface area contributed by atoms with E-state index in [0.29, 0.717) is 19.6 Å². The number of anilines is 1. The predicted octanol–water partition coefficient (Wildman–Crippen LogP) is 1.37. The number of hydrogen-bond acceptors (Lipinski definition) is 4. The highest BCUT2D eigenvalue weighted by Crippen LogP contribution is 2.22. The van der Waals surface area contributed by atoms with Crippen molar-refractivity contribution in [3.63, 3.8) is 0 Å². The number of nitrogens with zero attached hydrogens (tertiary/aromatic N) is 2. The molecule has 7 nitrogen and oxygen atoms in total. The number of carbonyl (C=O) groups is 1. The first-order chi connectivity index (χ1) is 11.7. The summed E-state index contributed by atoms with van der Waals surface area (Å²) in [5.74, 6) is -1.23. The topological polar surface area (TPSA) is 79.0 Å². The van der Waals surface area contributed by atoms with Crippen LogP contribution in [-0.2, 0) is 19.7 Å². The number of para-hydroxylation sites is 1. The number of hydrogen-bond donors (Lipinski definition) is 1. The van der Waals surface area contributed by atoms with E-state index < -0.39 is 28.5 Å². The lowest BCUT2D eigenvalue weighted by Crippen LogP contribution is -2.46. The van der Waals surface area contributed by atoms with Gasteiger partial charge in [-0.05, 0) is 32.4 Å². The van der Waals surface area contributed by atoms with Gasteiger partial charge < -0.3 is 10.1 Å². The summed E-state index contributed by atoms with van der Waals surface area (Å²) in [7, 11) is -1.37. The number of nitrogens with one attached hydrogen (secondary N) is 1. The molecule has 0 aliphatic carbocycles. The van der Waals surface area contributed by atoms with Crippen molar-refractivity contribution in [2.24, 2.45) is 0 Å². The van der Waals surface area contributed by atoms with Crippen molar-refractivity contribution < 1.29 is 22.3 Å². The third-order valence-corrected chi connectivity index (χ3v) is 5.05. The summed E-state index contributed by atoms with van der Waals surface area (Å²) in [6.07, 6.45) is 0.710. The minimum atomic E-state index is -4.01. The number of rotatable bonds is 10. The Morgan fingerprint density at radius 3 is 2.48 bits per heavy atom. The summed E-state index contributed by atoms with van der Waals surface area (Å²) in [6, 6.07) is 5.43. The molecule has 25 heavy (non-hydrogen) atoms. The molecule has 0 fully saturated rings. The number of carbonyl (C=O) groups excluding carboxylic acids is 1. The van der Waals surface area contributed by atoms with Crippen molar-refractivity contribution in [3.8, 4) is 0 Å². The minimum absolute atomic E-state index is 0.109. The lowest BCUT2D eigenvalue weighted by Gasteiger charge is -2.27. The van der Waals surface area contributed by atoms with Crippen LogP contribution in [0, 0.1) is 5.82 Å². The first-order valence-electron chi connectivity index (χ1n) is 7.99. The van der Waals surface area contributed by atoms with E-state index in [2.05, 4.69) is 5.32 Å².